The molecule has 0 radical (unpaired) electrons. The molecular weight excluding hydrogens is 286 g/mol. The summed E-state index contributed by atoms with van der Waals surface area (Å²) in [4.78, 5) is 4.86. The molecule has 2 aliphatic rings. The first kappa shape index (κ1) is 16.9. The molecule has 128 valence electrons. The minimum absolute atomic E-state index is 0.222. The van der Waals surface area contributed by atoms with Crippen LogP contribution in [-0.2, 0) is 12.8 Å². The predicted octanol–water partition coefficient (Wildman–Crippen LogP) is 1.44. The molecular formula is C19H31N3O. The molecule has 1 atom stereocenters. The van der Waals surface area contributed by atoms with Crippen LogP contribution in [0.4, 0.5) is 0 Å². The molecule has 1 unspecified atom stereocenters. The summed E-state index contributed by atoms with van der Waals surface area (Å²) in [6.07, 6.45) is 5.13. The van der Waals surface area contributed by atoms with E-state index < -0.39 is 0 Å². The summed E-state index contributed by atoms with van der Waals surface area (Å²) in [5.41, 5.74) is 4.52. The van der Waals surface area contributed by atoms with Crippen molar-refractivity contribution in [2.24, 2.45) is 0 Å². The number of hydrogen-bond donors (Lipinski definition) is 2. The van der Waals surface area contributed by atoms with Gasteiger partial charge in [0.05, 0.1) is 6.61 Å². The van der Waals surface area contributed by atoms with Crippen LogP contribution in [0, 0.1) is 0 Å². The second-order valence-corrected chi connectivity index (χ2v) is 7.01. The van der Waals surface area contributed by atoms with Gasteiger partial charge >= 0.3 is 0 Å². The molecule has 0 saturated carbocycles. The summed E-state index contributed by atoms with van der Waals surface area (Å²) >= 11 is 0. The minimum atomic E-state index is 0.222. The van der Waals surface area contributed by atoms with E-state index in [0.29, 0.717) is 6.04 Å². The van der Waals surface area contributed by atoms with Crippen LogP contribution in [0.15, 0.2) is 18.2 Å². The van der Waals surface area contributed by atoms with E-state index in [2.05, 4.69) is 40.4 Å². The van der Waals surface area contributed by atoms with Crippen molar-refractivity contribution in [3.8, 4) is 0 Å². The van der Waals surface area contributed by atoms with Crippen molar-refractivity contribution < 1.29 is 5.11 Å². The number of likely N-dealkylation sites (N-methyl/N-ethyl adjacent to an activating group) is 1. The van der Waals surface area contributed by atoms with Crippen LogP contribution in [0.5, 0.6) is 0 Å². The molecule has 1 aromatic rings. The Balaban J connectivity index is 1.78. The zero-order valence-electron chi connectivity index (χ0n) is 14.4. The molecule has 0 amide bonds. The lowest BCUT2D eigenvalue weighted by Crippen LogP contribution is -2.47. The van der Waals surface area contributed by atoms with Crippen LogP contribution in [0.2, 0.25) is 0 Å². The molecule has 4 nitrogen and oxygen atoms in total. The average Bonchev–Trinajstić information content (AvgIpc) is 2.60. The van der Waals surface area contributed by atoms with E-state index in [0.717, 1.165) is 39.3 Å². The van der Waals surface area contributed by atoms with Crippen molar-refractivity contribution in [3.63, 3.8) is 0 Å². The highest BCUT2D eigenvalue weighted by Gasteiger charge is 2.22. The molecule has 4 heteroatoms. The van der Waals surface area contributed by atoms with Crippen molar-refractivity contribution >= 4 is 0 Å². The molecule has 1 saturated heterocycles. The summed E-state index contributed by atoms with van der Waals surface area (Å²) in [7, 11) is 2.14. The normalized spacial score (nSPS) is 20.5. The lowest BCUT2D eigenvalue weighted by atomic mass is 9.89. The average molecular weight is 317 g/mol. The van der Waals surface area contributed by atoms with E-state index in [4.69, 9.17) is 0 Å². The van der Waals surface area contributed by atoms with Gasteiger partial charge in [0, 0.05) is 45.3 Å². The van der Waals surface area contributed by atoms with Gasteiger partial charge in [0.2, 0.25) is 0 Å². The monoisotopic (exact) mass is 317 g/mol. The number of hydrogen-bond acceptors (Lipinski definition) is 4. The zero-order chi connectivity index (χ0) is 16.1. The largest absolute Gasteiger partial charge is 0.395 e. The maximum absolute atomic E-state index is 9.37. The number of nitrogens with one attached hydrogen (secondary N) is 1. The third-order valence-electron chi connectivity index (χ3n) is 5.38. The summed E-state index contributed by atoms with van der Waals surface area (Å²) in [5.74, 6) is 0. The quantitative estimate of drug-likeness (QED) is 0.833. The van der Waals surface area contributed by atoms with Crippen molar-refractivity contribution in [3.05, 3.63) is 34.9 Å². The van der Waals surface area contributed by atoms with Gasteiger partial charge in [0.25, 0.3) is 0 Å². The van der Waals surface area contributed by atoms with Gasteiger partial charge in [-0.25, -0.2) is 0 Å². The van der Waals surface area contributed by atoms with Gasteiger partial charge in [-0.3, -0.25) is 9.80 Å². The van der Waals surface area contributed by atoms with Crippen LogP contribution in [0.3, 0.4) is 0 Å². The fourth-order valence-corrected chi connectivity index (χ4v) is 3.91. The molecule has 0 aromatic heterocycles. The second-order valence-electron chi connectivity index (χ2n) is 7.01. The highest BCUT2D eigenvalue weighted by atomic mass is 16.3. The lowest BCUT2D eigenvalue weighted by Gasteiger charge is -2.35. The summed E-state index contributed by atoms with van der Waals surface area (Å²) in [5, 5.41) is 12.8. The van der Waals surface area contributed by atoms with E-state index in [1.165, 1.54) is 31.2 Å². The number of piperazine rings is 1. The zero-order valence-corrected chi connectivity index (χ0v) is 14.4. The number of nitrogens with zero attached hydrogens (tertiary/aromatic N) is 2. The van der Waals surface area contributed by atoms with E-state index in [1.54, 1.807) is 11.1 Å². The molecule has 1 fully saturated rings. The Morgan fingerprint density at radius 2 is 1.91 bits per heavy atom. The van der Waals surface area contributed by atoms with Crippen LogP contribution in [-0.4, -0.2) is 67.8 Å². The maximum atomic E-state index is 9.37. The van der Waals surface area contributed by atoms with Crippen LogP contribution < -0.4 is 5.32 Å². The van der Waals surface area contributed by atoms with Gasteiger partial charge in [-0.15, -0.1) is 0 Å². The molecule has 1 aromatic carbocycles. The van der Waals surface area contributed by atoms with Crippen molar-refractivity contribution in [1.29, 1.82) is 0 Å². The Morgan fingerprint density at radius 3 is 2.65 bits per heavy atom. The summed E-state index contributed by atoms with van der Waals surface area (Å²) in [6.45, 7) is 6.41. The Bertz CT molecular complexity index is 499. The molecule has 23 heavy (non-hydrogen) atoms. The van der Waals surface area contributed by atoms with Crippen molar-refractivity contribution in [2.45, 2.75) is 31.7 Å². The Kier molecular flexibility index (Phi) is 6.06. The van der Waals surface area contributed by atoms with E-state index in [9.17, 15) is 5.11 Å². The van der Waals surface area contributed by atoms with Gasteiger partial charge in [-0.1, -0.05) is 18.2 Å². The molecule has 1 aliphatic carbocycles. The smallest absolute Gasteiger partial charge is 0.0558 e. The first-order valence-corrected chi connectivity index (χ1v) is 9.14. The third kappa shape index (κ3) is 4.32. The number of aliphatic hydroxyl groups excluding tert-OH is 1. The number of aliphatic hydroxyl groups is 1. The summed E-state index contributed by atoms with van der Waals surface area (Å²) < 4.78 is 0. The molecule has 1 heterocycles. The Hall–Kier alpha value is -0.940. The number of benzene rings is 1. The summed E-state index contributed by atoms with van der Waals surface area (Å²) in [6, 6.07) is 7.48. The molecule has 0 spiro atoms. The van der Waals surface area contributed by atoms with E-state index in [1.807, 2.05) is 0 Å². The third-order valence-corrected chi connectivity index (χ3v) is 5.38. The van der Waals surface area contributed by atoms with Gasteiger partial charge in [0.15, 0.2) is 0 Å². The Labute approximate surface area is 140 Å². The number of fused-ring (bicyclic) bond motifs is 1. The van der Waals surface area contributed by atoms with E-state index >= 15 is 0 Å². The highest BCUT2D eigenvalue weighted by molar-refractivity contribution is 5.35. The number of rotatable bonds is 6. The van der Waals surface area contributed by atoms with Crippen LogP contribution in [0.25, 0.3) is 0 Å². The van der Waals surface area contributed by atoms with E-state index in [-0.39, 0.29) is 6.61 Å². The molecule has 0 bridgehead atoms. The van der Waals surface area contributed by atoms with Crippen molar-refractivity contribution in [2.75, 3.05) is 52.9 Å². The van der Waals surface area contributed by atoms with Gasteiger partial charge in [0.1, 0.15) is 0 Å². The minimum Gasteiger partial charge on any atom is -0.395 e. The predicted molar refractivity (Wildman–Crippen MR) is 94.9 cm³/mol. The van der Waals surface area contributed by atoms with Crippen LogP contribution >= 0.6 is 0 Å². The lowest BCUT2D eigenvalue weighted by molar-refractivity contribution is 0.130. The van der Waals surface area contributed by atoms with Gasteiger partial charge < -0.3 is 10.4 Å². The molecule has 1 aliphatic heterocycles. The fourth-order valence-electron chi connectivity index (χ4n) is 3.91. The first-order chi connectivity index (χ1) is 11.3. The van der Waals surface area contributed by atoms with Crippen molar-refractivity contribution in [1.82, 2.24) is 15.1 Å². The first-order valence-electron chi connectivity index (χ1n) is 9.14. The van der Waals surface area contributed by atoms with Crippen LogP contribution in [0.1, 0.15) is 35.6 Å². The SMILES string of the molecule is CN(CCO)C(CN1CCNCC1)c1ccc2c(c1)CCCC2. The molecule has 2 N–H and O–H groups in total. The van der Waals surface area contributed by atoms with Gasteiger partial charge in [-0.2, -0.15) is 0 Å². The fraction of sp³-hybridized carbons (Fsp3) is 0.684. The topological polar surface area (TPSA) is 38.7 Å². The second kappa shape index (κ2) is 8.25. The Morgan fingerprint density at radius 1 is 1.17 bits per heavy atom. The van der Waals surface area contributed by atoms with Gasteiger partial charge in [-0.05, 0) is 49.4 Å². The highest BCUT2D eigenvalue weighted by Crippen LogP contribution is 2.27. The standard InChI is InChI=1S/C19H31N3O/c1-21(12-13-23)19(15-22-10-8-20-9-11-22)18-7-6-16-4-2-3-5-17(16)14-18/h6-7,14,19-20,23H,2-5,8-13,15H2,1H3. The number of aryl methyl sites for hydroxylation is 2. The molecule has 3 rings (SSSR count). The maximum Gasteiger partial charge on any atom is 0.0558 e.